The molecule has 1 amide bonds. The second-order valence-electron chi connectivity index (χ2n) is 6.45. The van der Waals surface area contributed by atoms with Gasteiger partial charge in [-0.15, -0.1) is 0 Å². The summed E-state index contributed by atoms with van der Waals surface area (Å²) in [6.45, 7) is 2.16. The smallest absolute Gasteiger partial charge is 0.316 e. The molecular weight excluding hydrogens is 372 g/mol. The van der Waals surface area contributed by atoms with Crippen LogP contribution in [0.1, 0.15) is 29.0 Å². The molecule has 142 valence electrons. The van der Waals surface area contributed by atoms with Crippen molar-refractivity contribution in [2.24, 2.45) is 0 Å². The molecule has 0 aliphatic carbocycles. The number of hydrogen-bond acceptors (Lipinski definition) is 5. The van der Waals surface area contributed by atoms with Gasteiger partial charge in [0.25, 0.3) is 0 Å². The lowest BCUT2D eigenvalue weighted by Gasteiger charge is -2.26. The normalized spacial score (nSPS) is 16.3. The molecule has 0 aromatic heterocycles. The topological polar surface area (TPSA) is 79.2 Å². The lowest BCUT2D eigenvalue weighted by molar-refractivity contribution is -0.141. The van der Waals surface area contributed by atoms with Gasteiger partial charge in [-0.05, 0) is 23.6 Å². The van der Waals surface area contributed by atoms with E-state index in [2.05, 4.69) is 11.4 Å². The molecular formula is C22H20N2O3S. The highest BCUT2D eigenvalue weighted by molar-refractivity contribution is 8.03. The molecule has 6 heteroatoms. The van der Waals surface area contributed by atoms with Gasteiger partial charge in [-0.1, -0.05) is 66.4 Å². The molecule has 1 atom stereocenters. The van der Waals surface area contributed by atoms with Gasteiger partial charge >= 0.3 is 5.97 Å². The molecule has 3 rings (SSSR count). The number of rotatable bonds is 6. The summed E-state index contributed by atoms with van der Waals surface area (Å²) in [7, 11) is 0. The minimum Gasteiger partial charge on any atom is -0.460 e. The fourth-order valence-electron chi connectivity index (χ4n) is 3.09. The molecule has 2 aromatic carbocycles. The Kier molecular flexibility index (Phi) is 6.51. The van der Waals surface area contributed by atoms with Crippen LogP contribution in [0.15, 0.2) is 65.2 Å². The summed E-state index contributed by atoms with van der Waals surface area (Å²) in [5.74, 6) is -0.838. The average Bonchev–Trinajstić information content (AvgIpc) is 2.71. The van der Waals surface area contributed by atoms with Crippen LogP contribution in [0.5, 0.6) is 0 Å². The lowest BCUT2D eigenvalue weighted by atomic mass is 9.85. The highest BCUT2D eigenvalue weighted by Gasteiger charge is 2.30. The zero-order chi connectivity index (χ0) is 19.9. The third-order valence-electron chi connectivity index (χ3n) is 4.50. The number of allylic oxidation sites excluding steroid dienone is 1. The van der Waals surface area contributed by atoms with Crippen LogP contribution in [0.2, 0.25) is 0 Å². The number of nitriles is 1. The van der Waals surface area contributed by atoms with Crippen molar-refractivity contribution in [3.8, 4) is 6.07 Å². The van der Waals surface area contributed by atoms with Crippen molar-refractivity contribution >= 4 is 23.6 Å². The number of nitrogens with zero attached hydrogens (tertiary/aromatic N) is 1. The van der Waals surface area contributed by atoms with Crippen molar-refractivity contribution in [2.45, 2.75) is 25.9 Å². The van der Waals surface area contributed by atoms with E-state index < -0.39 is 5.97 Å². The van der Waals surface area contributed by atoms with Crippen molar-refractivity contribution in [1.82, 2.24) is 5.32 Å². The average molecular weight is 392 g/mol. The molecule has 0 spiro atoms. The van der Waals surface area contributed by atoms with E-state index in [4.69, 9.17) is 4.74 Å². The first kappa shape index (κ1) is 19.7. The quantitative estimate of drug-likeness (QED) is 0.756. The first-order valence-corrected chi connectivity index (χ1v) is 9.89. The molecule has 1 aliphatic heterocycles. The Balaban J connectivity index is 1.70. The van der Waals surface area contributed by atoms with Crippen LogP contribution < -0.4 is 5.32 Å². The van der Waals surface area contributed by atoms with Crippen molar-refractivity contribution in [3.63, 3.8) is 0 Å². The molecule has 1 heterocycles. The van der Waals surface area contributed by atoms with Gasteiger partial charge in [0, 0.05) is 12.3 Å². The Morgan fingerprint density at radius 2 is 1.93 bits per heavy atom. The Morgan fingerprint density at radius 1 is 1.21 bits per heavy atom. The van der Waals surface area contributed by atoms with Crippen molar-refractivity contribution in [3.05, 3.63) is 81.9 Å². The molecule has 0 unspecified atom stereocenters. The number of aryl methyl sites for hydroxylation is 1. The number of thioether (sulfide) groups is 1. The maximum absolute atomic E-state index is 12.2. The minimum absolute atomic E-state index is 0.0219. The van der Waals surface area contributed by atoms with E-state index in [-0.39, 0.29) is 30.6 Å². The summed E-state index contributed by atoms with van der Waals surface area (Å²) in [5, 5.41) is 12.9. The van der Waals surface area contributed by atoms with Crippen LogP contribution in [0.4, 0.5) is 0 Å². The molecule has 28 heavy (non-hydrogen) atoms. The summed E-state index contributed by atoms with van der Waals surface area (Å²) < 4.78 is 5.27. The Labute approximate surface area is 168 Å². The maximum atomic E-state index is 12.2. The van der Waals surface area contributed by atoms with Crippen molar-refractivity contribution < 1.29 is 14.3 Å². The summed E-state index contributed by atoms with van der Waals surface area (Å²) >= 11 is 1.13. The number of esters is 1. The molecule has 0 saturated heterocycles. The van der Waals surface area contributed by atoms with E-state index in [9.17, 15) is 14.9 Å². The van der Waals surface area contributed by atoms with Crippen LogP contribution in [-0.2, 0) is 20.9 Å². The first-order valence-electron chi connectivity index (χ1n) is 8.90. The van der Waals surface area contributed by atoms with E-state index in [0.717, 1.165) is 28.5 Å². The fraction of sp³-hybridized carbons (Fsp3) is 0.227. The van der Waals surface area contributed by atoms with Gasteiger partial charge in [0.15, 0.2) is 0 Å². The second-order valence-corrected chi connectivity index (χ2v) is 7.44. The molecule has 1 N–H and O–H groups in total. The predicted octanol–water partition coefficient (Wildman–Crippen LogP) is 3.81. The number of carbonyl (C=O) groups excluding carboxylic acids is 2. The monoisotopic (exact) mass is 392 g/mol. The van der Waals surface area contributed by atoms with Crippen LogP contribution in [0.25, 0.3) is 0 Å². The zero-order valence-corrected chi connectivity index (χ0v) is 16.3. The Morgan fingerprint density at radius 3 is 2.64 bits per heavy atom. The lowest BCUT2D eigenvalue weighted by Crippen LogP contribution is -2.31. The number of amides is 1. The highest BCUT2D eigenvalue weighted by Crippen LogP contribution is 2.37. The zero-order valence-electron chi connectivity index (χ0n) is 15.5. The summed E-state index contributed by atoms with van der Waals surface area (Å²) in [4.78, 5) is 24.3. The van der Waals surface area contributed by atoms with Gasteiger partial charge in [-0.2, -0.15) is 5.26 Å². The number of hydrogen-bond donors (Lipinski definition) is 1. The van der Waals surface area contributed by atoms with Gasteiger partial charge in [0.05, 0.1) is 22.4 Å². The standard InChI is InChI=1S/C22H20N2O3S/c1-15-7-5-6-10-17(15)18-11-20(25)24-22(19(18)12-23)28-14-21(26)27-13-16-8-3-2-4-9-16/h2-10,18H,11,13-14H2,1H3,(H,24,25)/t18-/m0/s1. The van der Waals surface area contributed by atoms with E-state index in [1.165, 1.54) is 0 Å². The van der Waals surface area contributed by atoms with Crippen LogP contribution in [-0.4, -0.2) is 17.6 Å². The Bertz CT molecular complexity index is 948. The van der Waals surface area contributed by atoms with Crippen LogP contribution in [0, 0.1) is 18.3 Å². The van der Waals surface area contributed by atoms with E-state index >= 15 is 0 Å². The number of ether oxygens (including phenoxy) is 1. The van der Waals surface area contributed by atoms with Gasteiger partial charge in [0.2, 0.25) is 5.91 Å². The van der Waals surface area contributed by atoms with Crippen LogP contribution >= 0.6 is 11.8 Å². The predicted molar refractivity (Wildman–Crippen MR) is 108 cm³/mol. The molecule has 2 aromatic rings. The molecule has 5 nitrogen and oxygen atoms in total. The van der Waals surface area contributed by atoms with Gasteiger partial charge in [0.1, 0.15) is 6.61 Å². The molecule has 0 fully saturated rings. The summed E-state index contributed by atoms with van der Waals surface area (Å²) in [6, 6.07) is 19.4. The number of nitrogens with one attached hydrogen (secondary N) is 1. The van der Waals surface area contributed by atoms with Crippen molar-refractivity contribution in [2.75, 3.05) is 5.75 Å². The molecule has 1 aliphatic rings. The largest absolute Gasteiger partial charge is 0.460 e. The van der Waals surface area contributed by atoms with E-state index in [1.807, 2.05) is 61.5 Å². The third kappa shape index (κ3) is 4.81. The van der Waals surface area contributed by atoms with E-state index in [1.54, 1.807) is 0 Å². The summed E-state index contributed by atoms with van der Waals surface area (Å²) in [5.41, 5.74) is 3.37. The SMILES string of the molecule is Cc1ccccc1[C@@H]1CC(=O)NC(SCC(=O)OCc2ccccc2)=C1C#N. The van der Waals surface area contributed by atoms with Gasteiger partial charge in [-0.25, -0.2) is 0 Å². The number of benzene rings is 2. The second kappa shape index (κ2) is 9.25. The van der Waals surface area contributed by atoms with E-state index in [0.29, 0.717) is 10.6 Å². The van der Waals surface area contributed by atoms with Gasteiger partial charge < -0.3 is 10.1 Å². The minimum atomic E-state index is -0.397. The first-order chi connectivity index (χ1) is 13.6. The molecule has 0 bridgehead atoms. The summed E-state index contributed by atoms with van der Waals surface area (Å²) in [6.07, 6.45) is 0.219. The van der Waals surface area contributed by atoms with Gasteiger partial charge in [-0.3, -0.25) is 9.59 Å². The third-order valence-corrected chi connectivity index (χ3v) is 5.49. The maximum Gasteiger partial charge on any atom is 0.316 e. The Hall–Kier alpha value is -3.04. The fourth-order valence-corrected chi connectivity index (χ4v) is 3.96. The van der Waals surface area contributed by atoms with Crippen LogP contribution in [0.3, 0.4) is 0 Å². The number of carbonyl (C=O) groups is 2. The highest BCUT2D eigenvalue weighted by atomic mass is 32.2. The van der Waals surface area contributed by atoms with Crippen molar-refractivity contribution in [1.29, 1.82) is 5.26 Å². The molecule has 0 saturated carbocycles. The molecule has 0 radical (unpaired) electrons.